The van der Waals surface area contributed by atoms with Crippen molar-refractivity contribution < 1.29 is 9.32 Å². The number of hydrogen-bond donors (Lipinski definition) is 0. The van der Waals surface area contributed by atoms with E-state index in [-0.39, 0.29) is 5.97 Å². The molecule has 0 saturated carbocycles. The van der Waals surface area contributed by atoms with Crippen LogP contribution in [0, 0.1) is 0 Å². The predicted molar refractivity (Wildman–Crippen MR) is 109 cm³/mol. The SMILES string of the molecule is CCCCP(CC)(CCCC)(CCCC)OC(=O)c1ccccc1. The fourth-order valence-corrected chi connectivity index (χ4v) is 9.49. The summed E-state index contributed by atoms with van der Waals surface area (Å²) in [5.41, 5.74) is 0.699. The second-order valence-electron chi connectivity index (χ2n) is 7.15. The van der Waals surface area contributed by atoms with E-state index in [2.05, 4.69) is 27.7 Å². The van der Waals surface area contributed by atoms with E-state index in [1.165, 1.54) is 38.5 Å². The first kappa shape index (κ1) is 21.2. The molecule has 1 aromatic carbocycles. The molecule has 0 saturated heterocycles. The van der Waals surface area contributed by atoms with Crippen molar-refractivity contribution in [2.75, 3.05) is 24.6 Å². The molecular weight excluding hydrogens is 315 g/mol. The zero-order valence-corrected chi connectivity index (χ0v) is 17.1. The van der Waals surface area contributed by atoms with Gasteiger partial charge in [-0.2, -0.15) is 0 Å². The van der Waals surface area contributed by atoms with Gasteiger partial charge < -0.3 is 0 Å². The van der Waals surface area contributed by atoms with E-state index in [0.717, 1.165) is 24.6 Å². The molecule has 138 valence electrons. The Balaban J connectivity index is 3.17. The van der Waals surface area contributed by atoms with E-state index < -0.39 is 6.83 Å². The molecule has 0 amide bonds. The molecule has 0 radical (unpaired) electrons. The summed E-state index contributed by atoms with van der Waals surface area (Å²) in [5, 5.41) is 0. The van der Waals surface area contributed by atoms with Gasteiger partial charge in [0, 0.05) is 0 Å². The summed E-state index contributed by atoms with van der Waals surface area (Å²) in [6, 6.07) is 9.54. The average Bonchev–Trinajstić information content (AvgIpc) is 2.64. The molecule has 0 spiro atoms. The first-order valence-electron chi connectivity index (χ1n) is 9.84. The van der Waals surface area contributed by atoms with E-state index >= 15 is 0 Å². The Kier molecular flexibility index (Phi) is 8.98. The van der Waals surface area contributed by atoms with E-state index in [4.69, 9.17) is 4.52 Å². The Hall–Kier alpha value is -0.880. The molecule has 24 heavy (non-hydrogen) atoms. The van der Waals surface area contributed by atoms with Crippen molar-refractivity contribution in [1.82, 2.24) is 0 Å². The number of benzene rings is 1. The molecule has 1 aromatic rings. The molecule has 0 unspecified atom stereocenters. The Morgan fingerprint density at radius 1 is 0.833 bits per heavy atom. The number of hydrogen-bond acceptors (Lipinski definition) is 2. The van der Waals surface area contributed by atoms with Crippen LogP contribution in [-0.4, -0.2) is 30.6 Å². The Labute approximate surface area is 149 Å². The van der Waals surface area contributed by atoms with Crippen molar-refractivity contribution in [3.05, 3.63) is 35.9 Å². The number of carbonyl (C=O) groups is 1. The Morgan fingerprint density at radius 3 is 1.67 bits per heavy atom. The molecule has 0 aliphatic rings. The van der Waals surface area contributed by atoms with Gasteiger partial charge in [-0.05, 0) is 0 Å². The number of unbranched alkanes of at least 4 members (excludes halogenated alkanes) is 3. The zero-order valence-electron chi connectivity index (χ0n) is 16.2. The third-order valence-corrected chi connectivity index (χ3v) is 12.0. The molecule has 1 rings (SSSR count). The van der Waals surface area contributed by atoms with Gasteiger partial charge in [0.1, 0.15) is 0 Å². The quantitative estimate of drug-likeness (QED) is 0.390. The standard InChI is InChI=1S/C21H37O2P/c1-5-9-17-24(8-4,18-10-6-2,19-11-7-3)23-21(22)20-15-13-12-14-16-20/h12-16H,5-11,17-19H2,1-4H3. The van der Waals surface area contributed by atoms with Crippen LogP contribution >= 0.6 is 6.83 Å². The van der Waals surface area contributed by atoms with Crippen molar-refractivity contribution >= 4 is 12.8 Å². The van der Waals surface area contributed by atoms with E-state index in [1.807, 2.05) is 30.3 Å². The molecule has 0 N–H and O–H groups in total. The summed E-state index contributed by atoms with van der Waals surface area (Å²) in [6.07, 6.45) is 11.4. The molecule has 0 heterocycles. The Morgan fingerprint density at radius 2 is 1.29 bits per heavy atom. The molecule has 0 aromatic heterocycles. The first-order chi connectivity index (χ1) is 11.5. The van der Waals surface area contributed by atoms with Gasteiger partial charge in [-0.25, -0.2) is 0 Å². The molecule has 0 bridgehead atoms. The third kappa shape index (κ3) is 5.59. The van der Waals surface area contributed by atoms with Crippen molar-refractivity contribution in [3.63, 3.8) is 0 Å². The zero-order chi connectivity index (χ0) is 17.9. The van der Waals surface area contributed by atoms with Crippen LogP contribution in [0.25, 0.3) is 0 Å². The predicted octanol–water partition coefficient (Wildman–Crippen LogP) is 6.73. The summed E-state index contributed by atoms with van der Waals surface area (Å²) in [7, 11) is 0. The van der Waals surface area contributed by atoms with Crippen LogP contribution in [-0.2, 0) is 4.52 Å². The van der Waals surface area contributed by atoms with E-state index in [1.54, 1.807) is 0 Å². The summed E-state index contributed by atoms with van der Waals surface area (Å²) < 4.78 is 6.56. The van der Waals surface area contributed by atoms with Gasteiger partial charge in [0.15, 0.2) is 0 Å². The fourth-order valence-electron chi connectivity index (χ4n) is 3.55. The van der Waals surface area contributed by atoms with Gasteiger partial charge >= 0.3 is 149 Å². The Bertz CT molecular complexity index is 459. The molecule has 0 atom stereocenters. The van der Waals surface area contributed by atoms with Crippen LogP contribution in [0.1, 0.15) is 76.6 Å². The molecule has 0 fully saturated rings. The van der Waals surface area contributed by atoms with Crippen molar-refractivity contribution in [2.45, 2.75) is 66.2 Å². The summed E-state index contributed by atoms with van der Waals surface area (Å²) >= 11 is 0. The van der Waals surface area contributed by atoms with Crippen LogP contribution in [0.5, 0.6) is 0 Å². The molecule has 2 nitrogen and oxygen atoms in total. The molecule has 0 aliphatic heterocycles. The maximum absolute atomic E-state index is 12.9. The number of rotatable bonds is 12. The van der Waals surface area contributed by atoms with Gasteiger partial charge in [-0.3, -0.25) is 0 Å². The van der Waals surface area contributed by atoms with Crippen molar-refractivity contribution in [3.8, 4) is 0 Å². The van der Waals surface area contributed by atoms with Crippen molar-refractivity contribution in [1.29, 1.82) is 0 Å². The maximum atomic E-state index is 12.9. The topological polar surface area (TPSA) is 26.3 Å². The minimum atomic E-state index is -2.47. The van der Waals surface area contributed by atoms with Gasteiger partial charge in [0.25, 0.3) is 0 Å². The van der Waals surface area contributed by atoms with Crippen LogP contribution in [0.3, 0.4) is 0 Å². The van der Waals surface area contributed by atoms with Gasteiger partial charge in [-0.15, -0.1) is 0 Å². The minimum absolute atomic E-state index is 0.0987. The van der Waals surface area contributed by atoms with Crippen LogP contribution in [0.4, 0.5) is 0 Å². The average molecular weight is 352 g/mol. The van der Waals surface area contributed by atoms with Crippen LogP contribution in [0.2, 0.25) is 0 Å². The summed E-state index contributed by atoms with van der Waals surface area (Å²) in [4.78, 5) is 12.9. The van der Waals surface area contributed by atoms with E-state index in [9.17, 15) is 4.79 Å². The first-order valence-corrected chi connectivity index (χ1v) is 12.7. The summed E-state index contributed by atoms with van der Waals surface area (Å²) in [5.74, 6) is -0.0987. The molecule has 3 heteroatoms. The van der Waals surface area contributed by atoms with Crippen LogP contribution in [0.15, 0.2) is 30.3 Å². The van der Waals surface area contributed by atoms with Gasteiger partial charge in [0.05, 0.1) is 0 Å². The third-order valence-electron chi connectivity index (χ3n) is 5.38. The fraction of sp³-hybridized carbons (Fsp3) is 0.667. The summed E-state index contributed by atoms with van der Waals surface area (Å²) in [6.45, 7) is 6.50. The molecule has 0 aliphatic carbocycles. The van der Waals surface area contributed by atoms with Gasteiger partial charge in [0.2, 0.25) is 0 Å². The van der Waals surface area contributed by atoms with Crippen LogP contribution < -0.4 is 0 Å². The van der Waals surface area contributed by atoms with Crippen molar-refractivity contribution in [2.24, 2.45) is 0 Å². The second kappa shape index (κ2) is 10.2. The second-order valence-corrected chi connectivity index (χ2v) is 13.0. The van der Waals surface area contributed by atoms with E-state index in [0.29, 0.717) is 5.56 Å². The number of carbonyl (C=O) groups excluding carboxylic acids is 1. The molecular formula is C21H37O2P. The van der Waals surface area contributed by atoms with Gasteiger partial charge in [-0.1, -0.05) is 0 Å². The monoisotopic (exact) mass is 352 g/mol. The normalized spacial score (nSPS) is 13.2.